The molecule has 1 rings (SSSR count). The van der Waals surface area contributed by atoms with E-state index in [0.29, 0.717) is 3.42 Å². The topological polar surface area (TPSA) is 0 Å². The molecule has 1 aromatic rings. The van der Waals surface area contributed by atoms with E-state index in [1.165, 1.54) is 11.1 Å². The van der Waals surface area contributed by atoms with Crippen molar-refractivity contribution in [2.45, 2.75) is 49.9 Å². The summed E-state index contributed by atoms with van der Waals surface area (Å²) in [5.74, 6) is 0. The number of halogens is 1. The summed E-state index contributed by atoms with van der Waals surface area (Å²) >= 11 is 2.50. The molecule has 0 aliphatic heterocycles. The van der Waals surface area contributed by atoms with Crippen LogP contribution in [0.2, 0.25) is 0 Å². The highest BCUT2D eigenvalue weighted by atomic mass is 127. The minimum absolute atomic E-state index is 0.262. The molecule has 0 heterocycles. The Balaban J connectivity index is 2.82. The third kappa shape index (κ3) is 4.54. The van der Waals surface area contributed by atoms with E-state index in [1.807, 2.05) is 0 Å². The highest BCUT2D eigenvalue weighted by molar-refractivity contribution is 14.1. The van der Waals surface area contributed by atoms with Gasteiger partial charge in [0.15, 0.2) is 0 Å². The smallest absolute Gasteiger partial charge is 0.0206 e. The number of benzene rings is 1. The second kappa shape index (κ2) is 4.44. The summed E-state index contributed by atoms with van der Waals surface area (Å²) in [5.41, 5.74) is 3.11. The number of rotatable bonds is 2. The van der Waals surface area contributed by atoms with E-state index in [2.05, 4.69) is 81.5 Å². The molecule has 0 saturated carbocycles. The predicted molar refractivity (Wildman–Crippen MR) is 76.9 cm³/mol. The zero-order chi connectivity index (χ0) is 11.7. The third-order valence-corrected chi connectivity index (χ3v) is 2.83. The molecule has 0 bridgehead atoms. The fraction of sp³-hybridized carbons (Fsp3) is 0.571. The summed E-state index contributed by atoms with van der Waals surface area (Å²) < 4.78 is 0.348. The van der Waals surface area contributed by atoms with Crippen LogP contribution in [0.1, 0.15) is 45.7 Å². The van der Waals surface area contributed by atoms with Crippen LogP contribution >= 0.6 is 22.6 Å². The van der Waals surface area contributed by atoms with Crippen molar-refractivity contribution < 1.29 is 0 Å². The fourth-order valence-electron chi connectivity index (χ4n) is 1.61. The number of hydrogen-bond donors (Lipinski definition) is 0. The third-order valence-electron chi connectivity index (χ3n) is 2.44. The molecule has 0 unspecified atom stereocenters. The van der Waals surface area contributed by atoms with Gasteiger partial charge >= 0.3 is 0 Å². The van der Waals surface area contributed by atoms with Crippen molar-refractivity contribution >= 4 is 22.6 Å². The van der Waals surface area contributed by atoms with Gasteiger partial charge in [-0.05, 0) is 23.0 Å². The molecule has 0 saturated heterocycles. The molecule has 0 fully saturated rings. The highest BCUT2D eigenvalue weighted by Gasteiger charge is 2.15. The second-order valence-corrected chi connectivity index (χ2v) is 8.76. The van der Waals surface area contributed by atoms with Gasteiger partial charge in [0.2, 0.25) is 0 Å². The zero-order valence-corrected chi connectivity index (χ0v) is 12.6. The molecule has 0 aliphatic rings. The second-order valence-electron chi connectivity index (χ2n) is 5.84. The van der Waals surface area contributed by atoms with Gasteiger partial charge in [-0.15, -0.1) is 0 Å². The van der Waals surface area contributed by atoms with Crippen LogP contribution in [0.5, 0.6) is 0 Å². The first-order chi connectivity index (χ1) is 6.68. The number of alkyl halides is 1. The molecule has 0 aliphatic carbocycles. The van der Waals surface area contributed by atoms with Crippen LogP contribution in [-0.2, 0) is 11.8 Å². The minimum atomic E-state index is 0.262. The largest absolute Gasteiger partial charge is 0.0791 e. The van der Waals surface area contributed by atoms with Crippen molar-refractivity contribution in [3.05, 3.63) is 35.4 Å². The Morgan fingerprint density at radius 2 is 1.40 bits per heavy atom. The Hall–Kier alpha value is -0.0500. The van der Waals surface area contributed by atoms with Gasteiger partial charge in [-0.2, -0.15) is 0 Å². The molecule has 0 spiro atoms. The van der Waals surface area contributed by atoms with E-state index in [1.54, 1.807) is 0 Å². The van der Waals surface area contributed by atoms with Gasteiger partial charge in [0.25, 0.3) is 0 Å². The van der Waals surface area contributed by atoms with E-state index >= 15 is 0 Å². The van der Waals surface area contributed by atoms with Crippen molar-refractivity contribution in [3.8, 4) is 0 Å². The Bertz CT molecular complexity index is 309. The lowest BCUT2D eigenvalue weighted by molar-refractivity contribution is 0.589. The Kier molecular flexibility index (Phi) is 3.85. The summed E-state index contributed by atoms with van der Waals surface area (Å²) in [5, 5.41) is 0. The summed E-state index contributed by atoms with van der Waals surface area (Å²) in [7, 11) is 0. The molecule has 84 valence electrons. The predicted octanol–water partition coefficient (Wildman–Crippen LogP) is 4.74. The summed E-state index contributed by atoms with van der Waals surface area (Å²) in [4.78, 5) is 0. The Morgan fingerprint density at radius 1 is 0.933 bits per heavy atom. The zero-order valence-electron chi connectivity index (χ0n) is 10.4. The lowest BCUT2D eigenvalue weighted by Gasteiger charge is -2.20. The van der Waals surface area contributed by atoms with Crippen LogP contribution in [-0.4, -0.2) is 3.42 Å². The molecule has 1 aromatic carbocycles. The van der Waals surface area contributed by atoms with Gasteiger partial charge < -0.3 is 0 Å². The average Bonchev–Trinajstić information content (AvgIpc) is 2.00. The van der Waals surface area contributed by atoms with Gasteiger partial charge in [0, 0.05) is 3.42 Å². The lowest BCUT2D eigenvalue weighted by Crippen LogP contribution is -2.14. The first kappa shape index (κ1) is 13.0. The van der Waals surface area contributed by atoms with Gasteiger partial charge in [-0.3, -0.25) is 0 Å². The van der Waals surface area contributed by atoms with Crippen molar-refractivity contribution in [2.24, 2.45) is 0 Å². The normalized spacial score (nSPS) is 12.9. The summed E-state index contributed by atoms with van der Waals surface area (Å²) in [6.45, 7) is 11.3. The fourth-order valence-corrected chi connectivity index (χ4v) is 2.05. The van der Waals surface area contributed by atoms with Crippen LogP contribution in [0.3, 0.4) is 0 Å². The standard InChI is InChI=1S/C14H21I/c1-13(2,3)12-8-6-11(7-9-12)10-14(4,5)15/h6-9H,10H2,1-5H3. The van der Waals surface area contributed by atoms with E-state index in [-0.39, 0.29) is 5.41 Å². The SMILES string of the molecule is CC(C)(I)Cc1ccc(C(C)(C)C)cc1. The molecular formula is C14H21I. The molecule has 15 heavy (non-hydrogen) atoms. The molecule has 0 nitrogen and oxygen atoms in total. The van der Waals surface area contributed by atoms with Crippen molar-refractivity contribution in [1.82, 2.24) is 0 Å². The Labute approximate surface area is 108 Å². The molecule has 0 N–H and O–H groups in total. The molecule has 0 radical (unpaired) electrons. The van der Waals surface area contributed by atoms with E-state index in [9.17, 15) is 0 Å². The van der Waals surface area contributed by atoms with E-state index < -0.39 is 0 Å². The van der Waals surface area contributed by atoms with Crippen LogP contribution in [0.4, 0.5) is 0 Å². The van der Waals surface area contributed by atoms with Gasteiger partial charge in [-0.1, -0.05) is 81.5 Å². The summed E-state index contributed by atoms with van der Waals surface area (Å²) in [6.07, 6.45) is 1.14. The maximum atomic E-state index is 2.50. The van der Waals surface area contributed by atoms with Crippen molar-refractivity contribution in [3.63, 3.8) is 0 Å². The quantitative estimate of drug-likeness (QED) is 0.546. The van der Waals surface area contributed by atoms with Crippen LogP contribution in [0.15, 0.2) is 24.3 Å². The molecular weight excluding hydrogens is 295 g/mol. The average molecular weight is 316 g/mol. The minimum Gasteiger partial charge on any atom is -0.0791 e. The lowest BCUT2D eigenvalue weighted by atomic mass is 9.86. The molecule has 0 aromatic heterocycles. The molecule has 0 atom stereocenters. The van der Waals surface area contributed by atoms with Gasteiger partial charge in [0.1, 0.15) is 0 Å². The molecule has 1 heteroatoms. The summed E-state index contributed by atoms with van der Waals surface area (Å²) in [6, 6.07) is 9.05. The monoisotopic (exact) mass is 316 g/mol. The van der Waals surface area contributed by atoms with E-state index in [0.717, 1.165) is 6.42 Å². The van der Waals surface area contributed by atoms with E-state index in [4.69, 9.17) is 0 Å². The van der Waals surface area contributed by atoms with Crippen LogP contribution in [0, 0.1) is 0 Å². The van der Waals surface area contributed by atoms with Crippen LogP contribution in [0.25, 0.3) is 0 Å². The van der Waals surface area contributed by atoms with Crippen molar-refractivity contribution in [2.75, 3.05) is 0 Å². The van der Waals surface area contributed by atoms with Gasteiger partial charge in [0.05, 0.1) is 0 Å². The van der Waals surface area contributed by atoms with Crippen molar-refractivity contribution in [1.29, 1.82) is 0 Å². The maximum Gasteiger partial charge on any atom is 0.0206 e. The highest BCUT2D eigenvalue weighted by Crippen LogP contribution is 2.26. The first-order valence-electron chi connectivity index (χ1n) is 5.47. The first-order valence-corrected chi connectivity index (χ1v) is 6.55. The molecule has 0 amide bonds. The number of hydrogen-bond acceptors (Lipinski definition) is 0. The van der Waals surface area contributed by atoms with Crippen LogP contribution < -0.4 is 0 Å². The Morgan fingerprint density at radius 3 is 1.73 bits per heavy atom. The van der Waals surface area contributed by atoms with Gasteiger partial charge in [-0.25, -0.2) is 0 Å². The maximum absolute atomic E-state index is 2.50.